The van der Waals surface area contributed by atoms with E-state index in [9.17, 15) is 4.79 Å². The van der Waals surface area contributed by atoms with Gasteiger partial charge in [0.15, 0.2) is 12.1 Å². The van der Waals surface area contributed by atoms with E-state index in [2.05, 4.69) is 0 Å². The highest BCUT2D eigenvalue weighted by Crippen LogP contribution is 2.31. The molecule has 1 aliphatic heterocycles. The van der Waals surface area contributed by atoms with Crippen molar-refractivity contribution in [2.45, 2.75) is 51.2 Å². The van der Waals surface area contributed by atoms with Crippen molar-refractivity contribution >= 4 is 6.29 Å². The Balaban J connectivity index is 1.54. The third-order valence-electron chi connectivity index (χ3n) is 4.56. The molecule has 5 heteroatoms. The average molecular weight is 396 g/mol. The van der Waals surface area contributed by atoms with Crippen LogP contribution in [0.25, 0.3) is 0 Å². The van der Waals surface area contributed by atoms with E-state index in [4.69, 9.17) is 18.9 Å². The van der Waals surface area contributed by atoms with Crippen molar-refractivity contribution in [2.24, 2.45) is 0 Å². The molecular weight excluding hydrogens is 368 g/mol. The third-order valence-corrected chi connectivity index (χ3v) is 4.56. The van der Waals surface area contributed by atoms with Crippen LogP contribution in [0.4, 0.5) is 0 Å². The van der Waals surface area contributed by atoms with Gasteiger partial charge >= 0.3 is 0 Å². The van der Waals surface area contributed by atoms with Gasteiger partial charge in [-0.1, -0.05) is 72.8 Å². The fourth-order valence-corrected chi connectivity index (χ4v) is 3.21. The molecular formula is C24H28O5. The maximum absolute atomic E-state index is 11.7. The zero-order chi connectivity index (χ0) is 20.5. The molecule has 1 heterocycles. The summed E-state index contributed by atoms with van der Waals surface area (Å²) in [5, 5.41) is 0. The molecule has 5 nitrogen and oxygen atoms in total. The highest BCUT2D eigenvalue weighted by Gasteiger charge is 2.44. The smallest absolute Gasteiger partial charge is 0.164 e. The van der Waals surface area contributed by atoms with Gasteiger partial charge in [0.05, 0.1) is 19.8 Å². The van der Waals surface area contributed by atoms with Crippen molar-refractivity contribution in [2.75, 3.05) is 6.61 Å². The second-order valence-electron chi connectivity index (χ2n) is 7.39. The number of hydrogen-bond donors (Lipinski definition) is 0. The Morgan fingerprint density at radius 3 is 2.21 bits per heavy atom. The van der Waals surface area contributed by atoms with Crippen LogP contribution in [-0.4, -0.2) is 37.0 Å². The first-order valence-electron chi connectivity index (χ1n) is 9.82. The molecule has 0 saturated carbocycles. The summed E-state index contributed by atoms with van der Waals surface area (Å²) < 4.78 is 23.4. The molecule has 3 atom stereocenters. The van der Waals surface area contributed by atoms with E-state index in [0.29, 0.717) is 19.8 Å². The topological polar surface area (TPSA) is 54.0 Å². The Morgan fingerprint density at radius 1 is 0.966 bits per heavy atom. The van der Waals surface area contributed by atoms with Gasteiger partial charge in [0.25, 0.3) is 0 Å². The van der Waals surface area contributed by atoms with Crippen molar-refractivity contribution < 1.29 is 23.7 Å². The van der Waals surface area contributed by atoms with Crippen LogP contribution in [-0.2, 0) is 37.0 Å². The van der Waals surface area contributed by atoms with Crippen LogP contribution in [0.2, 0.25) is 0 Å². The molecule has 1 saturated heterocycles. The van der Waals surface area contributed by atoms with E-state index >= 15 is 0 Å². The number of aldehydes is 1. The highest BCUT2D eigenvalue weighted by molar-refractivity contribution is 5.57. The molecule has 154 valence electrons. The molecule has 2 aromatic rings. The summed E-state index contributed by atoms with van der Waals surface area (Å²) in [6, 6.07) is 19.7. The summed E-state index contributed by atoms with van der Waals surface area (Å²) in [7, 11) is 0. The predicted octanol–water partition coefficient (Wildman–Crippen LogP) is 4.06. The summed E-state index contributed by atoms with van der Waals surface area (Å²) in [4.78, 5) is 11.7. The van der Waals surface area contributed by atoms with Gasteiger partial charge in [-0.25, -0.2) is 0 Å². The standard InChI is InChI=1S/C24H28O5/c1-24(2)28-21(14-9-15-26-17-19-10-5-3-6-11-19)23(29-24)22(16-25)27-18-20-12-7-4-8-13-20/h3-14,16,21-23H,15,17-18H2,1-2H3/b14-9-/t21-,22+,23-/m0/s1. The Bertz CT molecular complexity index is 772. The second-order valence-corrected chi connectivity index (χ2v) is 7.39. The van der Waals surface area contributed by atoms with Crippen molar-refractivity contribution in [3.63, 3.8) is 0 Å². The van der Waals surface area contributed by atoms with Crippen molar-refractivity contribution in [1.82, 2.24) is 0 Å². The quantitative estimate of drug-likeness (QED) is 0.344. The number of benzene rings is 2. The predicted molar refractivity (Wildman–Crippen MR) is 110 cm³/mol. The van der Waals surface area contributed by atoms with Crippen LogP contribution in [0.15, 0.2) is 72.8 Å². The summed E-state index contributed by atoms with van der Waals surface area (Å²) in [6.07, 6.45) is 2.92. The molecule has 0 unspecified atom stereocenters. The highest BCUT2D eigenvalue weighted by atomic mass is 16.8. The average Bonchev–Trinajstić information content (AvgIpc) is 3.04. The van der Waals surface area contributed by atoms with Crippen molar-refractivity contribution in [3.05, 3.63) is 83.9 Å². The lowest BCUT2D eigenvalue weighted by Gasteiger charge is -2.21. The van der Waals surface area contributed by atoms with Crippen LogP contribution in [0.1, 0.15) is 25.0 Å². The molecule has 0 N–H and O–H groups in total. The first-order valence-corrected chi connectivity index (χ1v) is 9.82. The van der Waals surface area contributed by atoms with E-state index in [1.807, 2.05) is 86.7 Å². The van der Waals surface area contributed by atoms with E-state index in [-0.39, 0.29) is 0 Å². The van der Waals surface area contributed by atoms with Crippen LogP contribution in [0.3, 0.4) is 0 Å². The minimum absolute atomic E-state index is 0.334. The summed E-state index contributed by atoms with van der Waals surface area (Å²) >= 11 is 0. The zero-order valence-corrected chi connectivity index (χ0v) is 16.9. The number of carbonyl (C=O) groups is 1. The van der Waals surface area contributed by atoms with Crippen LogP contribution in [0, 0.1) is 0 Å². The number of hydrogen-bond acceptors (Lipinski definition) is 5. The molecule has 0 bridgehead atoms. The van der Waals surface area contributed by atoms with Crippen LogP contribution >= 0.6 is 0 Å². The fraction of sp³-hybridized carbons (Fsp3) is 0.375. The van der Waals surface area contributed by atoms with E-state index < -0.39 is 24.1 Å². The first-order chi connectivity index (χ1) is 14.1. The third kappa shape index (κ3) is 6.61. The van der Waals surface area contributed by atoms with Gasteiger partial charge in [0.1, 0.15) is 18.3 Å². The Hall–Kier alpha value is -2.31. The molecule has 0 amide bonds. The Morgan fingerprint density at radius 2 is 1.59 bits per heavy atom. The van der Waals surface area contributed by atoms with Gasteiger partial charge in [-0.3, -0.25) is 0 Å². The molecule has 2 aromatic carbocycles. The summed E-state index contributed by atoms with van der Waals surface area (Å²) in [5.41, 5.74) is 2.12. The van der Waals surface area contributed by atoms with Gasteiger partial charge in [0.2, 0.25) is 0 Å². The van der Waals surface area contributed by atoms with Gasteiger partial charge < -0.3 is 23.7 Å². The van der Waals surface area contributed by atoms with Gasteiger partial charge in [-0.15, -0.1) is 0 Å². The largest absolute Gasteiger partial charge is 0.373 e. The molecule has 1 fully saturated rings. The number of rotatable bonds is 10. The molecule has 0 radical (unpaired) electrons. The lowest BCUT2D eigenvalue weighted by Crippen LogP contribution is -2.37. The van der Waals surface area contributed by atoms with Gasteiger partial charge in [-0.2, -0.15) is 0 Å². The second kappa shape index (κ2) is 10.5. The molecule has 3 rings (SSSR count). The lowest BCUT2D eigenvalue weighted by atomic mass is 10.1. The monoisotopic (exact) mass is 396 g/mol. The fourth-order valence-electron chi connectivity index (χ4n) is 3.21. The lowest BCUT2D eigenvalue weighted by molar-refractivity contribution is -0.161. The molecule has 0 spiro atoms. The Kier molecular flexibility index (Phi) is 7.72. The molecule has 0 aromatic heterocycles. The molecule has 1 aliphatic rings. The van der Waals surface area contributed by atoms with Crippen LogP contribution < -0.4 is 0 Å². The summed E-state index contributed by atoms with van der Waals surface area (Å²) in [6.45, 7) is 4.98. The minimum atomic E-state index is -0.790. The van der Waals surface area contributed by atoms with Gasteiger partial charge in [0, 0.05) is 0 Å². The molecule has 29 heavy (non-hydrogen) atoms. The zero-order valence-electron chi connectivity index (χ0n) is 16.9. The number of carbonyl (C=O) groups excluding carboxylic acids is 1. The van der Waals surface area contributed by atoms with E-state index in [0.717, 1.165) is 17.4 Å². The molecule has 0 aliphatic carbocycles. The van der Waals surface area contributed by atoms with Gasteiger partial charge in [-0.05, 0) is 25.0 Å². The maximum atomic E-state index is 11.7. The normalized spacial score (nSPS) is 22.0. The van der Waals surface area contributed by atoms with Crippen LogP contribution in [0.5, 0.6) is 0 Å². The van der Waals surface area contributed by atoms with Crippen molar-refractivity contribution in [1.29, 1.82) is 0 Å². The summed E-state index contributed by atoms with van der Waals surface area (Å²) in [5.74, 6) is -0.790. The van der Waals surface area contributed by atoms with E-state index in [1.165, 1.54) is 0 Å². The number of ether oxygens (including phenoxy) is 4. The first kappa shape index (κ1) is 21.4. The maximum Gasteiger partial charge on any atom is 0.164 e. The van der Waals surface area contributed by atoms with E-state index in [1.54, 1.807) is 0 Å². The SMILES string of the molecule is CC1(C)O[C@H]([C@@H](C=O)OCc2ccccc2)[C@H](/C=C\COCc2ccccc2)O1. The van der Waals surface area contributed by atoms with Crippen molar-refractivity contribution in [3.8, 4) is 0 Å². The minimum Gasteiger partial charge on any atom is -0.373 e. The Labute approximate surface area is 172 Å².